The molecule has 5 aromatic rings. The van der Waals surface area contributed by atoms with Crippen LogP contribution in [0.3, 0.4) is 0 Å². The van der Waals surface area contributed by atoms with Gasteiger partial charge in [0.25, 0.3) is 11.8 Å². The number of imide groups is 1. The molecule has 0 aliphatic heterocycles. The highest BCUT2D eigenvalue weighted by Gasteiger charge is 2.43. The van der Waals surface area contributed by atoms with Gasteiger partial charge in [-0.05, 0) is 87.5 Å². The van der Waals surface area contributed by atoms with Gasteiger partial charge in [-0.2, -0.15) is 25.3 Å². The maximum atomic E-state index is 15.0. The molecule has 51 heteroatoms. The van der Waals surface area contributed by atoms with E-state index < -0.39 is 260 Å². The predicted molar refractivity (Wildman–Crippen MR) is 497 cm³/mol. The lowest BCUT2D eigenvalue weighted by molar-refractivity contribution is -0.158. The molecular weight excluding hydrogens is 1820 g/mol. The van der Waals surface area contributed by atoms with E-state index in [0.717, 1.165) is 6.92 Å². The molecule has 18 amide bonds. The highest BCUT2D eigenvalue weighted by Crippen LogP contribution is 2.24. The van der Waals surface area contributed by atoms with Crippen molar-refractivity contribution >= 4 is 166 Å². The first kappa shape index (κ1) is 113. The van der Waals surface area contributed by atoms with Crippen LogP contribution in [-0.2, 0) is 122 Å². The summed E-state index contributed by atoms with van der Waals surface area (Å²) in [5.41, 5.74) is 24.6. The molecule has 0 fully saturated rings. The second-order valence-electron chi connectivity index (χ2n) is 32.5. The van der Waals surface area contributed by atoms with E-state index in [1.54, 1.807) is 94.0 Å². The van der Waals surface area contributed by atoms with Crippen molar-refractivity contribution in [2.24, 2.45) is 41.8 Å². The van der Waals surface area contributed by atoms with Crippen LogP contribution < -0.4 is 103 Å². The van der Waals surface area contributed by atoms with Crippen molar-refractivity contribution in [3.8, 4) is 0 Å². The van der Waals surface area contributed by atoms with Crippen LogP contribution in [-0.4, -0.2) is 307 Å². The van der Waals surface area contributed by atoms with Crippen LogP contribution in [0.25, 0.3) is 21.8 Å². The SMILES string of the molecule is CC[C@H](C)[C@H](NC(C)=O)C(=O)N[C@@H](CS)C(=O)N[C@H](C(=O)N[C@@H](Cc1cn(C)c2ccccc12)C(=O)N[C@@H](CCC(N)=O)C(=O)N[C@@H](CC(=O)O)C(=O)N[C@@H](Cc1c[nH]c2ccccc12)C(=O)NCC(=O)N[C@@H](C)C(=O)N[C@@H](Cc1c[nH]cn1)C(=O)N[C@@H](CCCNC(=N)N)C(=O)N[C@@H](CS)C(=O)N[C@H](C(=O)N(C(=O)COCCOCCN)[C@@H](CCCCNC(=O)O)C(N)=O)[C@@H](C)O)C(C)C. The first-order chi connectivity index (χ1) is 64.4. The lowest BCUT2D eigenvalue weighted by atomic mass is 9.97. The van der Waals surface area contributed by atoms with Crippen molar-refractivity contribution in [1.82, 2.24) is 104 Å². The maximum Gasteiger partial charge on any atom is 0.404 e. The smallest absolute Gasteiger partial charge is 0.404 e. The number of para-hydroxylation sites is 2. The number of nitrogens with zero attached hydrogens (tertiary/aromatic N) is 3. The molecule has 748 valence electrons. The molecule has 136 heavy (non-hydrogen) atoms. The number of primary amides is 2. The van der Waals surface area contributed by atoms with Crippen LogP contribution in [0.2, 0.25) is 0 Å². The quantitative estimate of drug-likeness (QED) is 0.00746. The molecule has 0 bridgehead atoms. The first-order valence-corrected chi connectivity index (χ1v) is 45.1. The average Bonchev–Trinajstić information content (AvgIpc) is 1.54. The van der Waals surface area contributed by atoms with Crippen molar-refractivity contribution in [2.75, 3.05) is 64.1 Å². The third-order valence-electron chi connectivity index (χ3n) is 21.5. The number of aliphatic hydroxyl groups is 1. The van der Waals surface area contributed by atoms with Gasteiger partial charge >= 0.3 is 12.1 Å². The molecule has 49 nitrogen and oxygen atoms in total. The number of imidazole rings is 1. The number of ether oxygens (including phenoxy) is 2. The van der Waals surface area contributed by atoms with E-state index in [0.29, 0.717) is 44.3 Å². The number of aryl methyl sites for hydroxylation is 1. The number of carbonyl (C=O) groups excluding carboxylic acids is 17. The number of benzene rings is 2. The van der Waals surface area contributed by atoms with Gasteiger partial charge in [-0.15, -0.1) is 0 Å². The van der Waals surface area contributed by atoms with Gasteiger partial charge in [-0.3, -0.25) is 96.6 Å². The van der Waals surface area contributed by atoms with Gasteiger partial charge in [0.2, 0.25) is 88.6 Å². The maximum absolute atomic E-state index is 15.0. The van der Waals surface area contributed by atoms with Gasteiger partial charge in [-0.25, -0.2) is 9.78 Å². The highest BCUT2D eigenvalue weighted by atomic mass is 32.1. The summed E-state index contributed by atoms with van der Waals surface area (Å²) in [6.07, 6.45) is -0.923. The van der Waals surface area contributed by atoms with Gasteiger partial charge in [-0.1, -0.05) is 70.5 Å². The zero-order valence-electron chi connectivity index (χ0n) is 76.7. The number of hydrogen-bond donors (Lipinski definition) is 27. The average molecular weight is 1950 g/mol. The number of aliphatic hydroxyl groups excluding tert-OH is 1. The summed E-state index contributed by atoms with van der Waals surface area (Å²) < 4.78 is 12.4. The fourth-order valence-electron chi connectivity index (χ4n) is 14.1. The number of carboxylic acids is 1. The molecule has 0 spiro atoms. The van der Waals surface area contributed by atoms with Gasteiger partial charge in [0.15, 0.2) is 5.96 Å². The van der Waals surface area contributed by atoms with Crippen LogP contribution in [0.5, 0.6) is 0 Å². The monoisotopic (exact) mass is 1950 g/mol. The van der Waals surface area contributed by atoms with Crippen molar-refractivity contribution < 1.29 is 116 Å². The van der Waals surface area contributed by atoms with Crippen LogP contribution in [0.4, 0.5) is 4.79 Å². The standard InChI is InChI=1S/C85H127N25O24S2/c1-9-44(4)69(98-47(7)112)82(129)106-61(41-136)79(126)107-68(43(2)3)81(128)104-57(32-49-38-109(8)62-21-13-11-18-52(49)62)76(123)100-55(23-24-64(87)113)75(122)103-59(34-67(116)117)78(125)102-56(31-48-35-94-53-19-12-10-17-51(48)53)73(120)95-37-65(114)97-45(5)72(119)101-58(33-50-36-91-42-96-50)77(124)99-54(20-16-27-92-84(89)90)74(121)105-60(40-135)80(127)108-70(46(6)111)83(130)110(66(115)39-134-30-29-133-28-25-86)63(71(88)118)22-14-15-26-93-85(131)132/h10-13,17-19,21,35-36,38,42-46,54-61,63,68-70,93-94,111,135-136H,9,14-16,20,22-34,37,39-41,86H2,1-8H3,(H2,87,113)(H2,88,118)(H,91,96)(H,95,120)(H,97,114)(H,98,112)(H,99,124)(H,100,123)(H,101,119)(H,102,125)(H,103,122)(H,104,128)(H,105,121)(H,106,129)(H,107,126)(H,108,127)(H,116,117)(H,131,132)(H4,89,90,92)/t44-,45-,46+,54-,55-,56-,57-,58-,59-,60-,61-,63-,68-,69-,70-/m0/s1. The minimum Gasteiger partial charge on any atom is -0.481 e. The summed E-state index contributed by atoms with van der Waals surface area (Å²) in [7, 11) is 1.73. The van der Waals surface area contributed by atoms with E-state index in [1.807, 2.05) is 0 Å². The minimum atomic E-state index is -2.10. The Kier molecular flexibility index (Phi) is 47.6. The molecule has 0 saturated heterocycles. The summed E-state index contributed by atoms with van der Waals surface area (Å²) >= 11 is 8.54. The van der Waals surface area contributed by atoms with Crippen LogP contribution >= 0.6 is 25.3 Å². The number of nitrogens with two attached hydrogens (primary N) is 4. The molecule has 29 N–H and O–H groups in total. The van der Waals surface area contributed by atoms with E-state index in [1.165, 1.54) is 32.6 Å². The number of unbranched alkanes of at least 4 members (excludes halogenated alkanes) is 1. The third-order valence-corrected chi connectivity index (χ3v) is 22.2. The summed E-state index contributed by atoms with van der Waals surface area (Å²) in [5.74, 6) is -22.0. The molecule has 3 heterocycles. The number of amides is 18. The van der Waals surface area contributed by atoms with E-state index in [4.69, 9.17) is 42.9 Å². The lowest BCUT2D eigenvalue weighted by Crippen LogP contribution is -2.63. The highest BCUT2D eigenvalue weighted by molar-refractivity contribution is 7.80. The number of aliphatic carboxylic acids is 1. The molecule has 0 aliphatic rings. The van der Waals surface area contributed by atoms with Gasteiger partial charge in [0, 0.05) is 111 Å². The predicted octanol–water partition coefficient (Wildman–Crippen LogP) is -6.03. The zero-order chi connectivity index (χ0) is 101. The molecule has 5 rings (SSSR count). The molecule has 0 unspecified atom stereocenters. The number of carbonyl (C=O) groups is 19. The Balaban J connectivity index is 1.38. The fraction of sp³-hybridized carbons (Fsp3) is 0.541. The van der Waals surface area contributed by atoms with E-state index in [2.05, 4.69) is 120 Å². The molecule has 2 aromatic carbocycles. The summed E-state index contributed by atoms with van der Waals surface area (Å²) in [4.78, 5) is 273. The number of rotatable bonds is 61. The number of thiol groups is 2. The van der Waals surface area contributed by atoms with Crippen molar-refractivity contribution in [3.63, 3.8) is 0 Å². The number of H-pyrrole nitrogens is 2. The number of aromatic amines is 2. The number of aromatic nitrogens is 4. The molecule has 0 saturated carbocycles. The van der Waals surface area contributed by atoms with Crippen LogP contribution in [0, 0.1) is 17.2 Å². The normalized spacial score (nSPS) is 14.5. The number of hydrogen-bond acceptors (Lipinski definition) is 27. The molecule has 3 aromatic heterocycles. The van der Waals surface area contributed by atoms with E-state index in [9.17, 15) is 96.5 Å². The number of guanidine groups is 1. The number of carboxylic acid groups (broad SMARTS) is 2. The van der Waals surface area contributed by atoms with Crippen LogP contribution in [0.15, 0.2) is 73.4 Å². The van der Waals surface area contributed by atoms with Crippen LogP contribution in [0.1, 0.15) is 123 Å². The molecule has 0 radical (unpaired) electrons. The van der Waals surface area contributed by atoms with E-state index in [-0.39, 0.29) is 95.3 Å². The molecule has 15 atom stereocenters. The van der Waals surface area contributed by atoms with Crippen molar-refractivity contribution in [2.45, 2.75) is 210 Å². The minimum absolute atomic E-state index is 0.0120. The van der Waals surface area contributed by atoms with Gasteiger partial charge in [0.1, 0.15) is 85.2 Å². The topological polar surface area (TPSA) is 765 Å². The van der Waals surface area contributed by atoms with Crippen molar-refractivity contribution in [3.05, 3.63) is 90.3 Å². The Morgan fingerprint density at radius 1 is 0.551 bits per heavy atom. The number of nitrogens with one attached hydrogen (secondary N) is 18. The second kappa shape index (κ2) is 57.3. The fourth-order valence-corrected chi connectivity index (χ4v) is 14.6. The van der Waals surface area contributed by atoms with Gasteiger partial charge < -0.3 is 142 Å². The number of fused-ring (bicyclic) bond motifs is 2. The molecule has 0 aliphatic carbocycles. The summed E-state index contributed by atoms with van der Waals surface area (Å²) in [6.45, 7) is 8.27. The zero-order valence-corrected chi connectivity index (χ0v) is 78.5. The Bertz CT molecular complexity index is 4980. The molecular formula is C85H127N25O24S2. The largest absolute Gasteiger partial charge is 0.481 e. The first-order valence-electron chi connectivity index (χ1n) is 43.8. The Morgan fingerprint density at radius 2 is 1.08 bits per heavy atom. The second-order valence-corrected chi connectivity index (χ2v) is 33.2. The summed E-state index contributed by atoms with van der Waals surface area (Å²) in [6, 6.07) is -7.79. The Hall–Kier alpha value is -13.5. The van der Waals surface area contributed by atoms with Crippen molar-refractivity contribution in [1.29, 1.82) is 5.41 Å². The van der Waals surface area contributed by atoms with E-state index >= 15 is 4.79 Å². The Labute approximate surface area is 793 Å². The lowest BCUT2D eigenvalue weighted by Gasteiger charge is -2.33. The van der Waals surface area contributed by atoms with Gasteiger partial charge in [0.05, 0.1) is 50.9 Å². The third kappa shape index (κ3) is 37.0. The Morgan fingerprint density at radius 3 is 1.66 bits per heavy atom. The summed E-state index contributed by atoms with van der Waals surface area (Å²) in [5, 5.41) is 76.2.